The maximum atomic E-state index is 12.7. The zero-order valence-corrected chi connectivity index (χ0v) is 11.6. The van der Waals surface area contributed by atoms with Crippen LogP contribution in [-0.2, 0) is 15.1 Å². The molecule has 0 amide bonds. The minimum absolute atomic E-state index is 0.0593. The molecule has 4 heteroatoms. The summed E-state index contributed by atoms with van der Waals surface area (Å²) in [5.74, 6) is 0.730. The van der Waals surface area contributed by atoms with Gasteiger partial charge < -0.3 is 4.74 Å². The van der Waals surface area contributed by atoms with E-state index < -0.39 is 5.54 Å². The van der Waals surface area contributed by atoms with Crippen LogP contribution in [0.4, 0.5) is 0 Å². The summed E-state index contributed by atoms with van der Waals surface area (Å²) in [4.78, 5) is 17.3. The lowest BCUT2D eigenvalue weighted by atomic mass is 9.74. The monoisotopic (exact) mass is 277 g/mol. The normalized spacial score (nSPS) is 29.7. The molecule has 1 aliphatic heterocycles. The number of fused-ring (bicyclic) bond motifs is 2. The van der Waals surface area contributed by atoms with Crippen molar-refractivity contribution in [1.29, 1.82) is 0 Å². The Morgan fingerprint density at radius 1 is 1.47 bits per heavy atom. The highest BCUT2D eigenvalue weighted by molar-refractivity contribution is 6.32. The first kappa shape index (κ1) is 12.7. The third-order valence-corrected chi connectivity index (χ3v) is 4.25. The number of nitrogens with zero attached hydrogens (tertiary/aromatic N) is 1. The number of ether oxygens (including phenoxy) is 1. The van der Waals surface area contributed by atoms with E-state index >= 15 is 0 Å². The van der Waals surface area contributed by atoms with Gasteiger partial charge in [-0.3, -0.25) is 4.79 Å². The van der Waals surface area contributed by atoms with Crippen LogP contribution in [0.15, 0.2) is 29.3 Å². The Hall–Kier alpha value is -1.35. The Balaban J connectivity index is 2.18. The molecule has 3 rings (SSSR count). The molecule has 0 aromatic heterocycles. The van der Waals surface area contributed by atoms with Gasteiger partial charge >= 0.3 is 0 Å². The summed E-state index contributed by atoms with van der Waals surface area (Å²) in [7, 11) is 0. The average molecular weight is 278 g/mol. The number of aliphatic imine (C=N–C) groups is 1. The van der Waals surface area contributed by atoms with Gasteiger partial charge in [0, 0.05) is 17.0 Å². The summed E-state index contributed by atoms with van der Waals surface area (Å²) in [6.45, 7) is 1.99. The molecule has 1 saturated carbocycles. The van der Waals surface area contributed by atoms with Crippen LogP contribution in [0.5, 0.6) is 0 Å². The van der Waals surface area contributed by atoms with E-state index in [0.29, 0.717) is 17.3 Å². The van der Waals surface area contributed by atoms with Crippen molar-refractivity contribution in [2.75, 3.05) is 0 Å². The molecule has 2 atom stereocenters. The maximum absolute atomic E-state index is 12.7. The SMILES string of the molecule is CCC1=NC2(c3ccccc3Cl)CCCC(O1)C2=O. The van der Waals surface area contributed by atoms with E-state index in [0.717, 1.165) is 24.8 Å². The Bertz CT molecular complexity index is 555. The maximum Gasteiger partial charge on any atom is 0.205 e. The van der Waals surface area contributed by atoms with E-state index in [1.807, 2.05) is 31.2 Å². The fourth-order valence-electron chi connectivity index (χ4n) is 2.98. The molecule has 2 aliphatic rings. The second-order valence-electron chi connectivity index (χ2n) is 5.06. The summed E-state index contributed by atoms with van der Waals surface area (Å²) in [6.07, 6.45) is 2.79. The van der Waals surface area contributed by atoms with E-state index in [9.17, 15) is 4.79 Å². The number of hydrogen-bond acceptors (Lipinski definition) is 3. The van der Waals surface area contributed by atoms with Crippen molar-refractivity contribution >= 4 is 23.3 Å². The van der Waals surface area contributed by atoms with Crippen LogP contribution in [0.3, 0.4) is 0 Å². The van der Waals surface area contributed by atoms with Crippen molar-refractivity contribution in [1.82, 2.24) is 0 Å². The molecule has 0 spiro atoms. The third kappa shape index (κ3) is 1.88. The van der Waals surface area contributed by atoms with Crippen molar-refractivity contribution in [2.45, 2.75) is 44.2 Å². The first-order valence-electron chi connectivity index (χ1n) is 6.72. The van der Waals surface area contributed by atoms with Gasteiger partial charge in [-0.15, -0.1) is 0 Å². The second-order valence-corrected chi connectivity index (χ2v) is 5.47. The highest BCUT2D eigenvalue weighted by Crippen LogP contribution is 2.44. The van der Waals surface area contributed by atoms with E-state index in [1.54, 1.807) is 0 Å². The number of carbonyl (C=O) groups excluding carboxylic acids is 1. The molecule has 2 bridgehead atoms. The van der Waals surface area contributed by atoms with Crippen LogP contribution < -0.4 is 0 Å². The fraction of sp³-hybridized carbons (Fsp3) is 0.467. The molecular formula is C15H16ClNO2. The number of Topliss-reactive ketones (excluding diaryl/α,β-unsaturated/α-hetero) is 1. The van der Waals surface area contributed by atoms with Gasteiger partial charge in [0.05, 0.1) is 0 Å². The number of hydrogen-bond donors (Lipinski definition) is 0. The zero-order valence-electron chi connectivity index (χ0n) is 10.9. The molecule has 1 aliphatic carbocycles. The van der Waals surface area contributed by atoms with E-state index in [2.05, 4.69) is 4.99 Å². The van der Waals surface area contributed by atoms with Gasteiger partial charge in [0.2, 0.25) is 5.78 Å². The molecule has 100 valence electrons. The van der Waals surface area contributed by atoms with Crippen LogP contribution in [0.2, 0.25) is 5.02 Å². The molecule has 1 heterocycles. The summed E-state index contributed by atoms with van der Waals surface area (Å²) in [6, 6.07) is 7.50. The Labute approximate surface area is 117 Å². The summed E-state index contributed by atoms with van der Waals surface area (Å²) < 4.78 is 5.66. The number of ketones is 1. The highest BCUT2D eigenvalue weighted by Gasteiger charge is 2.51. The number of halogens is 1. The summed E-state index contributed by atoms with van der Waals surface area (Å²) in [5, 5.41) is 0.609. The minimum Gasteiger partial charge on any atom is -0.470 e. The first-order chi connectivity index (χ1) is 9.17. The standard InChI is InChI=1S/C15H16ClNO2/c1-2-13-17-15(10-6-3-4-7-11(10)16)9-5-8-12(19-13)14(15)18/h3-4,6-7,12H,2,5,8-9H2,1H3. The van der Waals surface area contributed by atoms with Crippen LogP contribution >= 0.6 is 11.6 Å². The van der Waals surface area contributed by atoms with Gasteiger partial charge in [0.25, 0.3) is 0 Å². The Morgan fingerprint density at radius 2 is 2.26 bits per heavy atom. The van der Waals surface area contributed by atoms with Crippen molar-refractivity contribution in [2.24, 2.45) is 4.99 Å². The molecule has 0 radical (unpaired) electrons. The van der Waals surface area contributed by atoms with Gasteiger partial charge in [0.1, 0.15) is 0 Å². The molecule has 19 heavy (non-hydrogen) atoms. The van der Waals surface area contributed by atoms with Crippen molar-refractivity contribution < 1.29 is 9.53 Å². The number of benzene rings is 1. The highest BCUT2D eigenvalue weighted by atomic mass is 35.5. The first-order valence-corrected chi connectivity index (χ1v) is 7.10. The van der Waals surface area contributed by atoms with E-state index in [4.69, 9.17) is 16.3 Å². The van der Waals surface area contributed by atoms with Crippen LogP contribution in [0, 0.1) is 0 Å². The van der Waals surface area contributed by atoms with Gasteiger partial charge in [-0.05, 0) is 25.3 Å². The molecule has 1 aromatic carbocycles. The third-order valence-electron chi connectivity index (χ3n) is 3.92. The van der Waals surface area contributed by atoms with Gasteiger partial charge in [-0.25, -0.2) is 4.99 Å². The molecule has 0 saturated heterocycles. The summed E-state index contributed by atoms with van der Waals surface area (Å²) >= 11 is 6.29. The number of carbonyl (C=O) groups is 1. The largest absolute Gasteiger partial charge is 0.470 e. The smallest absolute Gasteiger partial charge is 0.205 e. The molecule has 1 aromatic rings. The molecule has 0 N–H and O–H groups in total. The fourth-order valence-corrected chi connectivity index (χ4v) is 3.27. The molecule has 3 nitrogen and oxygen atoms in total. The predicted octanol–water partition coefficient (Wildman–Crippen LogP) is 3.50. The summed E-state index contributed by atoms with van der Waals surface area (Å²) in [5.41, 5.74) is 0.00539. The quantitative estimate of drug-likeness (QED) is 0.830. The molecule has 1 fully saturated rings. The Morgan fingerprint density at radius 3 is 3.00 bits per heavy atom. The number of rotatable bonds is 2. The van der Waals surface area contributed by atoms with Crippen molar-refractivity contribution in [3.05, 3.63) is 34.9 Å². The lowest BCUT2D eigenvalue weighted by Gasteiger charge is -2.41. The van der Waals surface area contributed by atoms with Gasteiger partial charge in [-0.1, -0.05) is 36.7 Å². The van der Waals surface area contributed by atoms with Crippen molar-refractivity contribution in [3.8, 4) is 0 Å². The molecular weight excluding hydrogens is 262 g/mol. The topological polar surface area (TPSA) is 38.7 Å². The van der Waals surface area contributed by atoms with Crippen LogP contribution in [0.1, 0.15) is 38.2 Å². The minimum atomic E-state index is -0.815. The van der Waals surface area contributed by atoms with Crippen molar-refractivity contribution in [3.63, 3.8) is 0 Å². The average Bonchev–Trinajstić information content (AvgIpc) is 2.40. The van der Waals surface area contributed by atoms with Gasteiger partial charge in [-0.2, -0.15) is 0 Å². The predicted molar refractivity (Wildman–Crippen MR) is 74.6 cm³/mol. The lowest BCUT2D eigenvalue weighted by Crippen LogP contribution is -2.51. The van der Waals surface area contributed by atoms with Crippen LogP contribution in [0.25, 0.3) is 0 Å². The zero-order chi connectivity index (χ0) is 13.5. The lowest BCUT2D eigenvalue weighted by molar-refractivity contribution is -0.137. The van der Waals surface area contributed by atoms with Gasteiger partial charge in [0.15, 0.2) is 17.5 Å². The van der Waals surface area contributed by atoms with Crippen LogP contribution in [-0.4, -0.2) is 17.8 Å². The Kier molecular flexibility index (Phi) is 3.09. The van der Waals surface area contributed by atoms with E-state index in [-0.39, 0.29) is 11.9 Å². The van der Waals surface area contributed by atoms with E-state index in [1.165, 1.54) is 0 Å². The molecule has 2 unspecified atom stereocenters. The second kappa shape index (κ2) is 4.64.